The maximum absolute atomic E-state index is 11.5. The highest BCUT2D eigenvalue weighted by atomic mass is 16.2. The van der Waals surface area contributed by atoms with Crippen LogP contribution in [0.15, 0.2) is 0 Å². The van der Waals surface area contributed by atoms with E-state index in [0.717, 1.165) is 45.8 Å². The first-order valence-corrected chi connectivity index (χ1v) is 6.48. The van der Waals surface area contributed by atoms with Crippen molar-refractivity contribution in [1.29, 1.82) is 0 Å². The van der Waals surface area contributed by atoms with Gasteiger partial charge in [0.15, 0.2) is 0 Å². The van der Waals surface area contributed by atoms with Gasteiger partial charge in [0.1, 0.15) is 0 Å². The van der Waals surface area contributed by atoms with E-state index in [1.165, 1.54) is 6.42 Å². The molecule has 0 radical (unpaired) electrons. The summed E-state index contributed by atoms with van der Waals surface area (Å²) in [4.78, 5) is 18.0. The third kappa shape index (κ3) is 5.48. The fourth-order valence-electron chi connectivity index (χ4n) is 2.13. The Bertz CT molecular complexity index is 233. The third-order valence-electron chi connectivity index (χ3n) is 3.27. The molecule has 1 rings (SSSR count). The summed E-state index contributed by atoms with van der Waals surface area (Å²) >= 11 is 0. The highest BCUT2D eigenvalue weighted by molar-refractivity contribution is 5.75. The van der Waals surface area contributed by atoms with Gasteiger partial charge in [0.2, 0.25) is 5.91 Å². The molecule has 0 saturated carbocycles. The smallest absolute Gasteiger partial charge is 0.223 e. The van der Waals surface area contributed by atoms with Crippen LogP contribution in [-0.2, 0) is 4.79 Å². The van der Waals surface area contributed by atoms with Crippen molar-refractivity contribution in [3.05, 3.63) is 0 Å². The molecule has 1 heterocycles. The second-order valence-electron chi connectivity index (χ2n) is 4.86. The normalized spacial score (nSPS) is 19.0. The van der Waals surface area contributed by atoms with Gasteiger partial charge in [0, 0.05) is 53.2 Å². The maximum Gasteiger partial charge on any atom is 0.223 e. The molecule has 5 nitrogen and oxygen atoms in total. The molecule has 1 saturated heterocycles. The predicted molar refractivity (Wildman–Crippen MR) is 69.9 cm³/mol. The van der Waals surface area contributed by atoms with E-state index in [0.29, 0.717) is 6.42 Å². The first-order valence-electron chi connectivity index (χ1n) is 6.48. The summed E-state index contributed by atoms with van der Waals surface area (Å²) < 4.78 is 0. The number of rotatable bonds is 5. The monoisotopic (exact) mass is 242 g/mol. The Morgan fingerprint density at radius 3 is 2.24 bits per heavy atom. The van der Waals surface area contributed by atoms with Crippen LogP contribution in [-0.4, -0.2) is 80.5 Å². The van der Waals surface area contributed by atoms with Gasteiger partial charge in [-0.25, -0.2) is 0 Å². The SMILES string of the molecule is CN(C)C(=O)CCN1CCCN(CCN)CC1. The molecule has 1 aliphatic heterocycles. The second kappa shape index (κ2) is 7.63. The molecule has 1 amide bonds. The number of carbonyl (C=O) groups is 1. The van der Waals surface area contributed by atoms with Gasteiger partial charge < -0.3 is 20.4 Å². The average Bonchev–Trinajstić information content (AvgIpc) is 2.52. The summed E-state index contributed by atoms with van der Waals surface area (Å²) in [6.07, 6.45) is 1.81. The van der Waals surface area contributed by atoms with Crippen molar-refractivity contribution in [1.82, 2.24) is 14.7 Å². The van der Waals surface area contributed by atoms with Crippen molar-refractivity contribution >= 4 is 5.91 Å². The molecule has 100 valence electrons. The van der Waals surface area contributed by atoms with Crippen molar-refractivity contribution in [3.63, 3.8) is 0 Å². The fourth-order valence-corrected chi connectivity index (χ4v) is 2.13. The highest BCUT2D eigenvalue weighted by Gasteiger charge is 2.15. The van der Waals surface area contributed by atoms with Crippen LogP contribution < -0.4 is 5.73 Å². The molecule has 1 aliphatic rings. The van der Waals surface area contributed by atoms with Crippen LogP contribution in [0.3, 0.4) is 0 Å². The molecular weight excluding hydrogens is 216 g/mol. The van der Waals surface area contributed by atoms with E-state index < -0.39 is 0 Å². The van der Waals surface area contributed by atoms with Crippen LogP contribution in [0.1, 0.15) is 12.8 Å². The van der Waals surface area contributed by atoms with Crippen LogP contribution in [0, 0.1) is 0 Å². The van der Waals surface area contributed by atoms with Gasteiger partial charge in [-0.1, -0.05) is 0 Å². The lowest BCUT2D eigenvalue weighted by Crippen LogP contribution is -2.35. The lowest BCUT2D eigenvalue weighted by molar-refractivity contribution is -0.129. The van der Waals surface area contributed by atoms with Gasteiger partial charge in [-0.05, 0) is 19.5 Å². The van der Waals surface area contributed by atoms with E-state index in [2.05, 4.69) is 9.80 Å². The lowest BCUT2D eigenvalue weighted by Gasteiger charge is -2.21. The van der Waals surface area contributed by atoms with Crippen LogP contribution in [0.5, 0.6) is 0 Å². The Labute approximate surface area is 105 Å². The Morgan fingerprint density at radius 2 is 1.71 bits per heavy atom. The summed E-state index contributed by atoms with van der Waals surface area (Å²) in [6.45, 7) is 6.97. The van der Waals surface area contributed by atoms with Crippen LogP contribution >= 0.6 is 0 Å². The number of nitrogens with zero attached hydrogens (tertiary/aromatic N) is 3. The Balaban J connectivity index is 2.24. The molecule has 0 aliphatic carbocycles. The lowest BCUT2D eigenvalue weighted by atomic mass is 10.3. The minimum absolute atomic E-state index is 0.216. The number of hydrogen-bond donors (Lipinski definition) is 1. The minimum Gasteiger partial charge on any atom is -0.349 e. The standard InChI is InChI=1S/C12H26N4O/c1-14(2)12(17)4-8-15-6-3-7-16(9-5-13)11-10-15/h3-11,13H2,1-2H3. The molecule has 0 bridgehead atoms. The van der Waals surface area contributed by atoms with Crippen LogP contribution in [0.4, 0.5) is 0 Å². The first kappa shape index (κ1) is 14.4. The average molecular weight is 242 g/mol. The van der Waals surface area contributed by atoms with E-state index in [-0.39, 0.29) is 5.91 Å². The van der Waals surface area contributed by atoms with E-state index in [4.69, 9.17) is 5.73 Å². The highest BCUT2D eigenvalue weighted by Crippen LogP contribution is 2.03. The molecule has 0 atom stereocenters. The molecule has 0 spiro atoms. The quantitative estimate of drug-likeness (QED) is 0.701. The molecule has 5 heteroatoms. The zero-order chi connectivity index (χ0) is 12.7. The van der Waals surface area contributed by atoms with Crippen molar-refractivity contribution < 1.29 is 4.79 Å². The summed E-state index contributed by atoms with van der Waals surface area (Å²) in [6, 6.07) is 0. The summed E-state index contributed by atoms with van der Waals surface area (Å²) in [5, 5.41) is 0. The topological polar surface area (TPSA) is 52.8 Å². The molecule has 0 aromatic heterocycles. The Morgan fingerprint density at radius 1 is 1.12 bits per heavy atom. The number of hydrogen-bond acceptors (Lipinski definition) is 4. The van der Waals surface area contributed by atoms with E-state index in [1.807, 2.05) is 14.1 Å². The minimum atomic E-state index is 0.216. The van der Waals surface area contributed by atoms with E-state index in [9.17, 15) is 4.79 Å². The molecule has 0 aromatic rings. The zero-order valence-corrected chi connectivity index (χ0v) is 11.2. The van der Waals surface area contributed by atoms with Crippen LogP contribution in [0.25, 0.3) is 0 Å². The fraction of sp³-hybridized carbons (Fsp3) is 0.917. The Hall–Kier alpha value is -0.650. The third-order valence-corrected chi connectivity index (χ3v) is 3.27. The molecule has 1 fully saturated rings. The number of carbonyl (C=O) groups excluding carboxylic acids is 1. The Kier molecular flexibility index (Phi) is 6.47. The molecule has 0 unspecified atom stereocenters. The van der Waals surface area contributed by atoms with Gasteiger partial charge in [-0.3, -0.25) is 4.79 Å². The summed E-state index contributed by atoms with van der Waals surface area (Å²) in [5.41, 5.74) is 5.57. The first-order chi connectivity index (χ1) is 8.13. The zero-order valence-electron chi connectivity index (χ0n) is 11.2. The van der Waals surface area contributed by atoms with Crippen molar-refractivity contribution in [2.24, 2.45) is 5.73 Å². The summed E-state index contributed by atoms with van der Waals surface area (Å²) in [7, 11) is 3.63. The van der Waals surface area contributed by atoms with Gasteiger partial charge in [0.05, 0.1) is 0 Å². The van der Waals surface area contributed by atoms with Gasteiger partial charge in [-0.2, -0.15) is 0 Å². The summed E-state index contributed by atoms with van der Waals surface area (Å²) in [5.74, 6) is 0.216. The van der Waals surface area contributed by atoms with Gasteiger partial charge in [-0.15, -0.1) is 0 Å². The predicted octanol–water partition coefficient (Wildman–Crippen LogP) is -0.569. The van der Waals surface area contributed by atoms with E-state index >= 15 is 0 Å². The van der Waals surface area contributed by atoms with Crippen LogP contribution in [0.2, 0.25) is 0 Å². The largest absolute Gasteiger partial charge is 0.349 e. The molecule has 17 heavy (non-hydrogen) atoms. The van der Waals surface area contributed by atoms with Gasteiger partial charge in [0.25, 0.3) is 0 Å². The number of amides is 1. The molecule has 0 aromatic carbocycles. The number of nitrogens with two attached hydrogens (primary N) is 1. The molecule has 2 N–H and O–H groups in total. The van der Waals surface area contributed by atoms with Crippen molar-refractivity contribution in [2.75, 3.05) is 59.9 Å². The second-order valence-corrected chi connectivity index (χ2v) is 4.86. The van der Waals surface area contributed by atoms with Crippen molar-refractivity contribution in [3.8, 4) is 0 Å². The maximum atomic E-state index is 11.5. The van der Waals surface area contributed by atoms with Gasteiger partial charge >= 0.3 is 0 Å². The molecular formula is C12H26N4O. The van der Waals surface area contributed by atoms with Crippen molar-refractivity contribution in [2.45, 2.75) is 12.8 Å². The van der Waals surface area contributed by atoms with E-state index in [1.54, 1.807) is 4.90 Å².